The standard InChI is InChI=1S/C5H8BrN3/c6-5-3-8-4-9(5)2-1-7/h3-4H,1-2,7H2. The monoisotopic (exact) mass is 189 g/mol. The number of imidazole rings is 1. The van der Waals surface area contributed by atoms with Crippen LogP contribution in [0.1, 0.15) is 0 Å². The Hall–Kier alpha value is -0.350. The molecule has 0 radical (unpaired) electrons. The number of nitrogens with two attached hydrogens (primary N) is 1. The first-order valence-electron chi connectivity index (χ1n) is 2.70. The van der Waals surface area contributed by atoms with Crippen molar-refractivity contribution in [1.82, 2.24) is 9.55 Å². The van der Waals surface area contributed by atoms with E-state index >= 15 is 0 Å². The lowest BCUT2D eigenvalue weighted by Gasteiger charge is -1.97. The van der Waals surface area contributed by atoms with Crippen molar-refractivity contribution in [3.63, 3.8) is 0 Å². The highest BCUT2D eigenvalue weighted by atomic mass is 79.9. The van der Waals surface area contributed by atoms with Crippen molar-refractivity contribution in [3.05, 3.63) is 17.1 Å². The van der Waals surface area contributed by atoms with E-state index in [1.165, 1.54) is 0 Å². The van der Waals surface area contributed by atoms with Gasteiger partial charge in [-0.05, 0) is 15.9 Å². The number of rotatable bonds is 2. The van der Waals surface area contributed by atoms with E-state index < -0.39 is 0 Å². The van der Waals surface area contributed by atoms with Crippen LogP contribution in [0, 0.1) is 0 Å². The van der Waals surface area contributed by atoms with Crippen molar-refractivity contribution >= 4 is 15.9 Å². The van der Waals surface area contributed by atoms with E-state index in [1.807, 2.05) is 4.57 Å². The van der Waals surface area contributed by atoms with Gasteiger partial charge < -0.3 is 10.3 Å². The lowest BCUT2D eigenvalue weighted by Crippen LogP contribution is -2.08. The van der Waals surface area contributed by atoms with Crippen molar-refractivity contribution in [2.24, 2.45) is 5.73 Å². The van der Waals surface area contributed by atoms with Crippen LogP contribution in [0.3, 0.4) is 0 Å². The Bertz CT molecular complexity index is 184. The molecule has 50 valence electrons. The van der Waals surface area contributed by atoms with E-state index in [4.69, 9.17) is 5.73 Å². The normalized spacial score (nSPS) is 10.0. The Morgan fingerprint density at radius 1 is 1.78 bits per heavy atom. The van der Waals surface area contributed by atoms with Crippen LogP contribution in [0.25, 0.3) is 0 Å². The fourth-order valence-corrected chi connectivity index (χ4v) is 0.995. The van der Waals surface area contributed by atoms with Crippen LogP contribution >= 0.6 is 15.9 Å². The van der Waals surface area contributed by atoms with Crippen LogP contribution in [0.15, 0.2) is 17.1 Å². The molecule has 0 spiro atoms. The molecule has 0 bridgehead atoms. The predicted molar refractivity (Wildman–Crippen MR) is 39.0 cm³/mol. The van der Waals surface area contributed by atoms with Crippen molar-refractivity contribution in [1.29, 1.82) is 0 Å². The molecule has 0 aliphatic rings. The third-order valence-corrected chi connectivity index (χ3v) is 1.69. The van der Waals surface area contributed by atoms with Crippen LogP contribution in [0.2, 0.25) is 0 Å². The average Bonchev–Trinajstić information content (AvgIpc) is 2.18. The predicted octanol–water partition coefficient (Wildman–Crippen LogP) is 0.604. The van der Waals surface area contributed by atoms with Gasteiger partial charge in [0, 0.05) is 13.1 Å². The molecule has 0 saturated heterocycles. The number of hydrogen-bond acceptors (Lipinski definition) is 2. The lowest BCUT2D eigenvalue weighted by atomic mass is 10.6. The molecule has 1 heterocycles. The molecule has 0 atom stereocenters. The topological polar surface area (TPSA) is 43.8 Å². The van der Waals surface area contributed by atoms with Crippen LogP contribution in [0.4, 0.5) is 0 Å². The Labute approximate surface area is 62.0 Å². The maximum absolute atomic E-state index is 5.32. The molecule has 0 unspecified atom stereocenters. The molecule has 0 saturated carbocycles. The minimum atomic E-state index is 0.648. The van der Waals surface area contributed by atoms with E-state index in [0.717, 1.165) is 11.1 Å². The van der Waals surface area contributed by atoms with Crippen molar-refractivity contribution in [2.45, 2.75) is 6.54 Å². The molecular weight excluding hydrogens is 182 g/mol. The molecule has 4 heteroatoms. The molecule has 0 aliphatic heterocycles. The van der Waals surface area contributed by atoms with Gasteiger partial charge in [0.05, 0.1) is 12.5 Å². The van der Waals surface area contributed by atoms with Crippen molar-refractivity contribution in [3.8, 4) is 0 Å². The minimum Gasteiger partial charge on any atom is -0.329 e. The summed E-state index contributed by atoms with van der Waals surface area (Å²) in [4.78, 5) is 3.90. The summed E-state index contributed by atoms with van der Waals surface area (Å²) in [6.45, 7) is 1.47. The SMILES string of the molecule is NCCn1cncc1Br. The zero-order chi connectivity index (χ0) is 6.69. The van der Waals surface area contributed by atoms with Gasteiger partial charge in [-0.25, -0.2) is 4.98 Å². The highest BCUT2D eigenvalue weighted by Gasteiger charge is 1.93. The molecule has 1 aromatic heterocycles. The molecule has 0 amide bonds. The van der Waals surface area contributed by atoms with Crippen LogP contribution < -0.4 is 5.73 Å². The summed E-state index contributed by atoms with van der Waals surface area (Å²) < 4.78 is 2.92. The second-order valence-corrected chi connectivity index (χ2v) is 2.51. The quantitative estimate of drug-likeness (QED) is 0.742. The molecule has 0 aromatic carbocycles. The second-order valence-electron chi connectivity index (χ2n) is 1.70. The highest BCUT2D eigenvalue weighted by molar-refractivity contribution is 9.10. The number of aromatic nitrogens is 2. The highest BCUT2D eigenvalue weighted by Crippen LogP contribution is 2.06. The molecule has 1 rings (SSSR count). The largest absolute Gasteiger partial charge is 0.329 e. The van der Waals surface area contributed by atoms with Gasteiger partial charge in [0.25, 0.3) is 0 Å². The number of hydrogen-bond donors (Lipinski definition) is 1. The summed E-state index contributed by atoms with van der Waals surface area (Å²) in [5, 5.41) is 0. The zero-order valence-electron chi connectivity index (χ0n) is 4.92. The van der Waals surface area contributed by atoms with E-state index in [0.29, 0.717) is 6.54 Å². The van der Waals surface area contributed by atoms with Crippen LogP contribution in [-0.4, -0.2) is 16.1 Å². The average molecular weight is 190 g/mol. The first-order chi connectivity index (χ1) is 4.34. The van der Waals surface area contributed by atoms with Crippen molar-refractivity contribution in [2.75, 3.05) is 6.54 Å². The summed E-state index contributed by atoms with van der Waals surface area (Å²) >= 11 is 3.31. The van der Waals surface area contributed by atoms with E-state index in [-0.39, 0.29) is 0 Å². The molecule has 1 aromatic rings. The van der Waals surface area contributed by atoms with Gasteiger partial charge >= 0.3 is 0 Å². The third-order valence-electron chi connectivity index (χ3n) is 1.03. The first-order valence-corrected chi connectivity index (χ1v) is 3.49. The van der Waals surface area contributed by atoms with Crippen molar-refractivity contribution < 1.29 is 0 Å². The van der Waals surface area contributed by atoms with E-state index in [2.05, 4.69) is 20.9 Å². The Balaban J connectivity index is 2.69. The molecular formula is C5H8BrN3. The summed E-state index contributed by atoms with van der Waals surface area (Å²) in [6.07, 6.45) is 3.49. The Kier molecular flexibility index (Phi) is 2.24. The van der Waals surface area contributed by atoms with E-state index in [1.54, 1.807) is 12.5 Å². The second kappa shape index (κ2) is 2.98. The Morgan fingerprint density at radius 2 is 2.56 bits per heavy atom. The van der Waals surface area contributed by atoms with Gasteiger partial charge in [-0.1, -0.05) is 0 Å². The Morgan fingerprint density at radius 3 is 3.00 bits per heavy atom. The third kappa shape index (κ3) is 1.53. The minimum absolute atomic E-state index is 0.648. The fraction of sp³-hybridized carbons (Fsp3) is 0.400. The van der Waals surface area contributed by atoms with Crippen LogP contribution in [0.5, 0.6) is 0 Å². The lowest BCUT2D eigenvalue weighted by molar-refractivity contribution is 0.695. The van der Waals surface area contributed by atoms with E-state index in [9.17, 15) is 0 Å². The molecule has 9 heavy (non-hydrogen) atoms. The van der Waals surface area contributed by atoms with Gasteiger partial charge in [0.15, 0.2) is 0 Å². The number of nitrogens with zero attached hydrogens (tertiary/aromatic N) is 2. The fourth-order valence-electron chi connectivity index (χ4n) is 0.608. The van der Waals surface area contributed by atoms with Crippen LogP contribution in [-0.2, 0) is 6.54 Å². The van der Waals surface area contributed by atoms with Gasteiger partial charge in [0.1, 0.15) is 4.60 Å². The summed E-state index contributed by atoms with van der Waals surface area (Å²) in [5.74, 6) is 0. The smallest absolute Gasteiger partial charge is 0.104 e. The molecule has 0 fully saturated rings. The zero-order valence-corrected chi connectivity index (χ0v) is 6.50. The maximum Gasteiger partial charge on any atom is 0.104 e. The van der Waals surface area contributed by atoms with Gasteiger partial charge in [-0.15, -0.1) is 0 Å². The molecule has 2 N–H and O–H groups in total. The summed E-state index contributed by atoms with van der Waals surface area (Å²) in [7, 11) is 0. The molecule has 0 aliphatic carbocycles. The molecule has 3 nitrogen and oxygen atoms in total. The van der Waals surface area contributed by atoms with Gasteiger partial charge in [-0.2, -0.15) is 0 Å². The summed E-state index contributed by atoms with van der Waals surface area (Å²) in [6, 6.07) is 0. The summed E-state index contributed by atoms with van der Waals surface area (Å²) in [5.41, 5.74) is 5.32. The van der Waals surface area contributed by atoms with Gasteiger partial charge in [-0.3, -0.25) is 0 Å². The number of halogens is 1. The first kappa shape index (κ1) is 6.77. The maximum atomic E-state index is 5.32. The van der Waals surface area contributed by atoms with Gasteiger partial charge in [0.2, 0.25) is 0 Å².